The van der Waals surface area contributed by atoms with Crippen LogP contribution in [0.5, 0.6) is 0 Å². The summed E-state index contributed by atoms with van der Waals surface area (Å²) in [7, 11) is 0. The van der Waals surface area contributed by atoms with Crippen molar-refractivity contribution in [2.24, 2.45) is 0 Å². The van der Waals surface area contributed by atoms with Crippen molar-refractivity contribution in [1.82, 2.24) is 5.32 Å². The average molecular weight is 185 g/mol. The maximum Gasteiger partial charge on any atom is 0.0743 e. The minimum atomic E-state index is -0.567. The molecule has 0 aromatic rings. The molecule has 2 N–H and O–H groups in total. The van der Waals surface area contributed by atoms with Gasteiger partial charge in [0.2, 0.25) is 0 Å². The summed E-state index contributed by atoms with van der Waals surface area (Å²) in [4.78, 5) is 0. The molecule has 0 amide bonds. The molecule has 0 heterocycles. The van der Waals surface area contributed by atoms with Crippen molar-refractivity contribution in [2.45, 2.75) is 45.6 Å². The Kier molecular flexibility index (Phi) is 6.00. The smallest absolute Gasteiger partial charge is 0.0743 e. The van der Waals surface area contributed by atoms with Crippen LogP contribution >= 0.6 is 0 Å². The summed E-state index contributed by atoms with van der Waals surface area (Å²) in [5.41, 5.74) is 0.621. The fourth-order valence-electron chi connectivity index (χ4n) is 1.26. The molecule has 0 aromatic heterocycles. The maximum absolute atomic E-state index is 9.81. The number of rotatable bonds is 7. The highest BCUT2D eigenvalue weighted by molar-refractivity contribution is 4.95. The molecule has 0 bridgehead atoms. The van der Waals surface area contributed by atoms with Crippen molar-refractivity contribution < 1.29 is 5.11 Å². The first-order valence-electron chi connectivity index (χ1n) is 5.11. The second-order valence-electron chi connectivity index (χ2n) is 3.95. The number of nitrogens with one attached hydrogen (secondary N) is 1. The molecular formula is C11H23NO. The van der Waals surface area contributed by atoms with Gasteiger partial charge in [-0.15, -0.1) is 0 Å². The van der Waals surface area contributed by atoms with Crippen LogP contribution < -0.4 is 5.32 Å². The van der Waals surface area contributed by atoms with Gasteiger partial charge in [0.15, 0.2) is 0 Å². The van der Waals surface area contributed by atoms with E-state index in [1.54, 1.807) is 0 Å². The lowest BCUT2D eigenvalue weighted by molar-refractivity contribution is 0.0509. The second-order valence-corrected chi connectivity index (χ2v) is 3.95. The van der Waals surface area contributed by atoms with Gasteiger partial charge in [-0.1, -0.05) is 32.4 Å². The lowest BCUT2D eigenvalue weighted by Gasteiger charge is -2.23. The van der Waals surface area contributed by atoms with E-state index in [4.69, 9.17) is 0 Å². The lowest BCUT2D eigenvalue weighted by Crippen LogP contribution is -2.38. The normalized spacial score (nSPS) is 15.4. The first-order valence-corrected chi connectivity index (χ1v) is 5.11. The molecule has 0 aromatic carbocycles. The van der Waals surface area contributed by atoms with Gasteiger partial charge in [0.05, 0.1) is 5.60 Å². The molecule has 0 rings (SSSR count). The van der Waals surface area contributed by atoms with Gasteiger partial charge in [0.25, 0.3) is 0 Å². The van der Waals surface area contributed by atoms with E-state index in [2.05, 4.69) is 25.7 Å². The number of hydrogen-bond acceptors (Lipinski definition) is 2. The second kappa shape index (κ2) is 6.17. The van der Waals surface area contributed by atoms with E-state index in [1.807, 2.05) is 6.92 Å². The third-order valence-electron chi connectivity index (χ3n) is 2.17. The summed E-state index contributed by atoms with van der Waals surface area (Å²) in [6, 6.07) is 0. The SMILES string of the molecule is C=C(CC)CNCC(C)(O)CCC. The highest BCUT2D eigenvalue weighted by atomic mass is 16.3. The lowest BCUT2D eigenvalue weighted by atomic mass is 10.0. The summed E-state index contributed by atoms with van der Waals surface area (Å²) in [6.45, 7) is 11.4. The predicted molar refractivity (Wildman–Crippen MR) is 57.8 cm³/mol. The van der Waals surface area contributed by atoms with Gasteiger partial charge < -0.3 is 10.4 Å². The average Bonchev–Trinajstić information content (AvgIpc) is 2.03. The molecule has 0 saturated heterocycles. The van der Waals surface area contributed by atoms with Gasteiger partial charge in [0, 0.05) is 13.1 Å². The topological polar surface area (TPSA) is 32.3 Å². The predicted octanol–water partition coefficient (Wildman–Crippen LogP) is 2.09. The highest BCUT2D eigenvalue weighted by Crippen LogP contribution is 2.09. The molecule has 78 valence electrons. The summed E-state index contributed by atoms with van der Waals surface area (Å²) < 4.78 is 0. The number of hydrogen-bond donors (Lipinski definition) is 2. The quantitative estimate of drug-likeness (QED) is 0.595. The number of aliphatic hydroxyl groups is 1. The minimum Gasteiger partial charge on any atom is -0.389 e. The van der Waals surface area contributed by atoms with Gasteiger partial charge >= 0.3 is 0 Å². The largest absolute Gasteiger partial charge is 0.389 e. The molecule has 2 nitrogen and oxygen atoms in total. The third-order valence-corrected chi connectivity index (χ3v) is 2.17. The van der Waals surface area contributed by atoms with Crippen LogP contribution in [0.2, 0.25) is 0 Å². The fourth-order valence-corrected chi connectivity index (χ4v) is 1.26. The zero-order valence-corrected chi connectivity index (χ0v) is 9.19. The van der Waals surface area contributed by atoms with Crippen LogP contribution in [0, 0.1) is 0 Å². The first-order chi connectivity index (χ1) is 6.02. The summed E-state index contributed by atoms with van der Waals surface area (Å²) in [5, 5.41) is 13.0. The van der Waals surface area contributed by atoms with Gasteiger partial charge in [-0.2, -0.15) is 0 Å². The van der Waals surface area contributed by atoms with Crippen LogP contribution in [0.1, 0.15) is 40.0 Å². The summed E-state index contributed by atoms with van der Waals surface area (Å²) in [6.07, 6.45) is 2.87. The molecule has 2 heteroatoms. The summed E-state index contributed by atoms with van der Waals surface area (Å²) in [5.74, 6) is 0. The van der Waals surface area contributed by atoms with Gasteiger partial charge in [0.1, 0.15) is 0 Å². The molecule has 0 saturated carbocycles. The van der Waals surface area contributed by atoms with E-state index >= 15 is 0 Å². The van der Waals surface area contributed by atoms with Crippen LogP contribution in [0.15, 0.2) is 12.2 Å². The van der Waals surface area contributed by atoms with Crippen molar-refractivity contribution in [1.29, 1.82) is 0 Å². The van der Waals surface area contributed by atoms with Crippen molar-refractivity contribution in [2.75, 3.05) is 13.1 Å². The first kappa shape index (κ1) is 12.7. The Morgan fingerprint density at radius 1 is 1.46 bits per heavy atom. The van der Waals surface area contributed by atoms with Crippen LogP contribution in [0.25, 0.3) is 0 Å². The Morgan fingerprint density at radius 3 is 2.54 bits per heavy atom. The van der Waals surface area contributed by atoms with Crippen LogP contribution in [0.4, 0.5) is 0 Å². The van der Waals surface area contributed by atoms with Crippen molar-refractivity contribution in [3.05, 3.63) is 12.2 Å². The van der Waals surface area contributed by atoms with Crippen LogP contribution in [-0.2, 0) is 0 Å². The zero-order valence-electron chi connectivity index (χ0n) is 9.19. The minimum absolute atomic E-state index is 0.567. The van der Waals surface area contributed by atoms with E-state index in [1.165, 1.54) is 5.57 Å². The molecule has 0 aliphatic rings. The van der Waals surface area contributed by atoms with Crippen molar-refractivity contribution in [3.8, 4) is 0 Å². The van der Waals surface area contributed by atoms with E-state index < -0.39 is 5.60 Å². The van der Waals surface area contributed by atoms with Gasteiger partial charge in [-0.05, 0) is 19.8 Å². The Bertz CT molecular complexity index is 152. The highest BCUT2D eigenvalue weighted by Gasteiger charge is 2.17. The Labute approximate surface area is 82.0 Å². The molecule has 0 spiro atoms. The Morgan fingerprint density at radius 2 is 2.08 bits per heavy atom. The molecular weight excluding hydrogens is 162 g/mol. The zero-order chi connectivity index (χ0) is 10.3. The van der Waals surface area contributed by atoms with E-state index in [0.717, 1.165) is 25.8 Å². The molecule has 0 aliphatic carbocycles. The molecule has 1 atom stereocenters. The third kappa shape index (κ3) is 6.79. The van der Waals surface area contributed by atoms with Crippen molar-refractivity contribution in [3.63, 3.8) is 0 Å². The maximum atomic E-state index is 9.81. The van der Waals surface area contributed by atoms with E-state index in [0.29, 0.717) is 6.54 Å². The fraction of sp³-hybridized carbons (Fsp3) is 0.818. The Hall–Kier alpha value is -0.340. The van der Waals surface area contributed by atoms with Crippen LogP contribution in [0.3, 0.4) is 0 Å². The monoisotopic (exact) mass is 185 g/mol. The van der Waals surface area contributed by atoms with E-state index in [-0.39, 0.29) is 0 Å². The molecule has 1 unspecified atom stereocenters. The van der Waals surface area contributed by atoms with Crippen LogP contribution in [-0.4, -0.2) is 23.8 Å². The Balaban J connectivity index is 3.56. The van der Waals surface area contributed by atoms with E-state index in [9.17, 15) is 5.11 Å². The standard InChI is InChI=1S/C11H23NO/c1-5-7-11(4,13)9-12-8-10(3)6-2/h12-13H,3,5-9H2,1-2,4H3. The molecule has 0 fully saturated rings. The van der Waals surface area contributed by atoms with Crippen molar-refractivity contribution >= 4 is 0 Å². The molecule has 13 heavy (non-hydrogen) atoms. The summed E-state index contributed by atoms with van der Waals surface area (Å²) >= 11 is 0. The molecule has 0 aliphatic heterocycles. The van der Waals surface area contributed by atoms with Gasteiger partial charge in [-0.25, -0.2) is 0 Å². The van der Waals surface area contributed by atoms with Gasteiger partial charge in [-0.3, -0.25) is 0 Å². The molecule has 0 radical (unpaired) electrons.